The molecule has 0 aromatic heterocycles. The fourth-order valence-electron chi connectivity index (χ4n) is 3.14. The summed E-state index contributed by atoms with van der Waals surface area (Å²) < 4.78 is 22.2. The van der Waals surface area contributed by atoms with Crippen LogP contribution >= 0.6 is 15.9 Å². The lowest BCUT2D eigenvalue weighted by Crippen LogP contribution is -2.10. The molecule has 3 aromatic rings. The minimum atomic E-state index is -0.584. The second kappa shape index (κ2) is 9.70. The fourth-order valence-corrected chi connectivity index (χ4v) is 3.54. The molecule has 0 radical (unpaired) electrons. The normalized spacial score (nSPS) is 14.0. The van der Waals surface area contributed by atoms with Crippen molar-refractivity contribution >= 4 is 39.8 Å². The molecule has 0 amide bonds. The molecule has 0 saturated carbocycles. The van der Waals surface area contributed by atoms with Gasteiger partial charge >= 0.3 is 11.9 Å². The second-order valence-corrected chi connectivity index (χ2v) is 7.76. The monoisotopic (exact) mass is 507 g/mol. The highest BCUT2D eigenvalue weighted by Crippen LogP contribution is 2.31. The first kappa shape index (κ1) is 22.3. The van der Waals surface area contributed by atoms with Gasteiger partial charge in [-0.05, 0) is 54.1 Å². The molecule has 0 aliphatic carbocycles. The Balaban J connectivity index is 1.58. The maximum atomic E-state index is 12.6. The number of para-hydroxylation sites is 1. The third-order valence-electron chi connectivity index (χ3n) is 4.71. The van der Waals surface area contributed by atoms with Crippen LogP contribution in [0.2, 0.25) is 0 Å². The topological polar surface area (TPSA) is 83.4 Å². The van der Waals surface area contributed by atoms with E-state index in [1.54, 1.807) is 54.6 Å². The summed E-state index contributed by atoms with van der Waals surface area (Å²) >= 11 is 3.39. The molecule has 4 rings (SSSR count). The van der Waals surface area contributed by atoms with Crippen molar-refractivity contribution < 1.29 is 28.5 Å². The van der Waals surface area contributed by atoms with E-state index >= 15 is 0 Å². The number of ether oxygens (including phenoxy) is 4. The zero-order valence-electron chi connectivity index (χ0n) is 17.7. The van der Waals surface area contributed by atoms with Crippen LogP contribution in [0.25, 0.3) is 6.08 Å². The van der Waals surface area contributed by atoms with Crippen LogP contribution in [-0.4, -0.2) is 32.1 Å². The molecule has 1 heterocycles. The van der Waals surface area contributed by atoms with Gasteiger partial charge in [-0.3, -0.25) is 0 Å². The molecule has 0 fully saturated rings. The molecule has 0 bridgehead atoms. The molecule has 0 saturated heterocycles. The van der Waals surface area contributed by atoms with Gasteiger partial charge in [-0.15, -0.1) is 0 Å². The summed E-state index contributed by atoms with van der Waals surface area (Å²) in [6.07, 6.45) is 1.57. The maximum Gasteiger partial charge on any atom is 0.363 e. The minimum Gasteiger partial charge on any atom is -0.496 e. The van der Waals surface area contributed by atoms with Crippen LogP contribution in [0.4, 0.5) is 0 Å². The van der Waals surface area contributed by atoms with Gasteiger partial charge < -0.3 is 18.9 Å². The lowest BCUT2D eigenvalue weighted by atomic mass is 10.1. The number of carbonyl (C=O) groups is 2. The number of benzene rings is 3. The molecular weight excluding hydrogens is 490 g/mol. The predicted molar refractivity (Wildman–Crippen MR) is 126 cm³/mol. The number of rotatable bonds is 6. The highest BCUT2D eigenvalue weighted by Gasteiger charge is 2.24. The SMILES string of the molecule is COc1cc(C=C2N=C(c3cccc(Br)c3)OC2=O)ccc1OC(=O)c1ccccc1OC. The summed E-state index contributed by atoms with van der Waals surface area (Å²) in [6.45, 7) is 0. The molecule has 0 unspecified atom stereocenters. The molecule has 0 atom stereocenters. The smallest absolute Gasteiger partial charge is 0.363 e. The van der Waals surface area contributed by atoms with Gasteiger partial charge in [0.25, 0.3) is 0 Å². The van der Waals surface area contributed by atoms with Crippen LogP contribution in [0.5, 0.6) is 17.2 Å². The average Bonchev–Trinajstić information content (AvgIpc) is 3.20. The Kier molecular flexibility index (Phi) is 6.55. The summed E-state index contributed by atoms with van der Waals surface area (Å²) in [5, 5.41) is 0. The Morgan fingerprint density at radius 3 is 2.48 bits per heavy atom. The first-order chi connectivity index (χ1) is 16.0. The first-order valence-corrected chi connectivity index (χ1v) is 10.6. The third kappa shape index (κ3) is 4.96. The van der Waals surface area contributed by atoms with Crippen molar-refractivity contribution in [1.29, 1.82) is 0 Å². The quantitative estimate of drug-likeness (QED) is 0.264. The Labute approximate surface area is 198 Å². The number of cyclic esters (lactones) is 1. The van der Waals surface area contributed by atoms with Crippen molar-refractivity contribution in [2.75, 3.05) is 14.2 Å². The van der Waals surface area contributed by atoms with Gasteiger partial charge in [0.2, 0.25) is 5.90 Å². The van der Waals surface area contributed by atoms with Gasteiger partial charge in [0.05, 0.1) is 14.2 Å². The van der Waals surface area contributed by atoms with Crippen LogP contribution in [0.15, 0.2) is 81.9 Å². The van der Waals surface area contributed by atoms with Crippen LogP contribution in [-0.2, 0) is 9.53 Å². The molecule has 0 spiro atoms. The van der Waals surface area contributed by atoms with Crippen LogP contribution < -0.4 is 14.2 Å². The van der Waals surface area contributed by atoms with Crippen molar-refractivity contribution in [3.8, 4) is 17.2 Å². The third-order valence-corrected chi connectivity index (χ3v) is 5.21. The number of hydrogen-bond donors (Lipinski definition) is 0. The largest absolute Gasteiger partial charge is 0.496 e. The van der Waals surface area contributed by atoms with E-state index < -0.39 is 11.9 Å². The average molecular weight is 508 g/mol. The molecule has 0 N–H and O–H groups in total. The van der Waals surface area contributed by atoms with E-state index in [1.165, 1.54) is 14.2 Å². The standard InChI is InChI=1S/C25H18BrNO6/c1-30-20-9-4-3-8-18(20)24(28)32-21-11-10-15(13-22(21)31-2)12-19-25(29)33-23(27-19)16-6-5-7-17(26)14-16/h3-14H,1-2H3. The number of nitrogens with zero attached hydrogens (tertiary/aromatic N) is 1. The number of aliphatic imine (C=N–C) groups is 1. The van der Waals surface area contributed by atoms with E-state index in [-0.39, 0.29) is 22.9 Å². The molecule has 8 heteroatoms. The van der Waals surface area contributed by atoms with Gasteiger partial charge in [-0.2, -0.15) is 0 Å². The first-order valence-electron chi connectivity index (χ1n) is 9.80. The van der Waals surface area contributed by atoms with Crippen LogP contribution in [0.3, 0.4) is 0 Å². The number of hydrogen-bond acceptors (Lipinski definition) is 7. The van der Waals surface area contributed by atoms with E-state index in [2.05, 4.69) is 20.9 Å². The van der Waals surface area contributed by atoms with E-state index in [0.29, 0.717) is 22.6 Å². The Hall–Kier alpha value is -3.91. The summed E-state index contributed by atoms with van der Waals surface area (Å²) in [5.74, 6) is 0.0247. The number of carbonyl (C=O) groups excluding carboxylic acids is 2. The van der Waals surface area contributed by atoms with Gasteiger partial charge in [0, 0.05) is 10.0 Å². The van der Waals surface area contributed by atoms with E-state index in [4.69, 9.17) is 18.9 Å². The highest BCUT2D eigenvalue weighted by atomic mass is 79.9. The summed E-state index contributed by atoms with van der Waals surface area (Å²) in [5.41, 5.74) is 1.73. The lowest BCUT2D eigenvalue weighted by molar-refractivity contribution is -0.129. The lowest BCUT2D eigenvalue weighted by Gasteiger charge is -2.11. The van der Waals surface area contributed by atoms with E-state index in [9.17, 15) is 9.59 Å². The van der Waals surface area contributed by atoms with E-state index in [0.717, 1.165) is 4.47 Å². The van der Waals surface area contributed by atoms with Crippen molar-refractivity contribution in [3.05, 3.63) is 93.6 Å². The highest BCUT2D eigenvalue weighted by molar-refractivity contribution is 9.10. The summed E-state index contributed by atoms with van der Waals surface area (Å²) in [4.78, 5) is 29.2. The molecule has 33 heavy (non-hydrogen) atoms. The van der Waals surface area contributed by atoms with E-state index in [1.807, 2.05) is 18.2 Å². The Bertz CT molecular complexity index is 1300. The molecule has 166 valence electrons. The van der Waals surface area contributed by atoms with Crippen molar-refractivity contribution in [2.24, 2.45) is 4.99 Å². The Morgan fingerprint density at radius 1 is 0.939 bits per heavy atom. The molecular formula is C25H18BrNO6. The number of methoxy groups -OCH3 is 2. The predicted octanol–water partition coefficient (Wildman–Crippen LogP) is 5.03. The fraction of sp³-hybridized carbons (Fsp3) is 0.0800. The molecule has 3 aromatic carbocycles. The van der Waals surface area contributed by atoms with Gasteiger partial charge in [0.1, 0.15) is 11.3 Å². The van der Waals surface area contributed by atoms with Gasteiger partial charge in [-0.1, -0.05) is 40.2 Å². The van der Waals surface area contributed by atoms with Crippen molar-refractivity contribution in [1.82, 2.24) is 0 Å². The molecule has 1 aliphatic rings. The Morgan fingerprint density at radius 2 is 1.73 bits per heavy atom. The maximum absolute atomic E-state index is 12.6. The van der Waals surface area contributed by atoms with Crippen molar-refractivity contribution in [2.45, 2.75) is 0 Å². The van der Waals surface area contributed by atoms with Crippen LogP contribution in [0, 0.1) is 0 Å². The van der Waals surface area contributed by atoms with Crippen LogP contribution in [0.1, 0.15) is 21.5 Å². The minimum absolute atomic E-state index is 0.144. The summed E-state index contributed by atoms with van der Waals surface area (Å²) in [6, 6.07) is 19.0. The van der Waals surface area contributed by atoms with Gasteiger partial charge in [-0.25, -0.2) is 14.6 Å². The van der Waals surface area contributed by atoms with Gasteiger partial charge in [0.15, 0.2) is 17.2 Å². The molecule has 7 nitrogen and oxygen atoms in total. The molecule has 1 aliphatic heterocycles. The zero-order valence-corrected chi connectivity index (χ0v) is 19.3. The number of halogens is 1. The summed E-state index contributed by atoms with van der Waals surface area (Å²) in [7, 11) is 2.94. The number of esters is 2. The second-order valence-electron chi connectivity index (χ2n) is 6.85. The zero-order chi connectivity index (χ0) is 23.4. The van der Waals surface area contributed by atoms with Crippen molar-refractivity contribution in [3.63, 3.8) is 0 Å².